The van der Waals surface area contributed by atoms with Gasteiger partial charge in [0.05, 0.1) is 13.7 Å². The van der Waals surface area contributed by atoms with E-state index in [1.54, 1.807) is 7.11 Å². The standard InChI is InChI=1S/C12H19NO2.ClH/c1-8-5-12(15-3)9(2)4-10(8)6-11(13)7-14;/h4-5,11,14H,6-7,13H2,1-3H3;1H. The van der Waals surface area contributed by atoms with Gasteiger partial charge in [0.25, 0.3) is 0 Å². The maximum absolute atomic E-state index is 8.91. The summed E-state index contributed by atoms with van der Waals surface area (Å²) in [6.45, 7) is 4.05. The average Bonchev–Trinajstić information content (AvgIpc) is 2.22. The zero-order valence-corrected chi connectivity index (χ0v) is 10.8. The van der Waals surface area contributed by atoms with Crippen molar-refractivity contribution in [1.29, 1.82) is 0 Å². The molecule has 0 saturated heterocycles. The lowest BCUT2D eigenvalue weighted by atomic mass is 9.99. The average molecular weight is 246 g/mol. The van der Waals surface area contributed by atoms with Crippen LogP contribution in [-0.4, -0.2) is 24.9 Å². The summed E-state index contributed by atoms with van der Waals surface area (Å²) < 4.78 is 5.23. The molecule has 3 nitrogen and oxygen atoms in total. The number of halogens is 1. The molecule has 0 amide bonds. The van der Waals surface area contributed by atoms with Crippen LogP contribution in [0.25, 0.3) is 0 Å². The number of nitrogens with two attached hydrogens (primary N) is 1. The van der Waals surface area contributed by atoms with Crippen LogP contribution in [0.5, 0.6) is 5.75 Å². The number of aliphatic hydroxyl groups excluding tert-OH is 1. The number of rotatable bonds is 4. The molecule has 4 heteroatoms. The van der Waals surface area contributed by atoms with Gasteiger partial charge in [0.2, 0.25) is 0 Å². The summed E-state index contributed by atoms with van der Waals surface area (Å²) >= 11 is 0. The Balaban J connectivity index is 0.00000225. The van der Waals surface area contributed by atoms with Gasteiger partial charge in [-0.1, -0.05) is 6.07 Å². The molecule has 1 aromatic rings. The molecular weight excluding hydrogens is 226 g/mol. The zero-order valence-electron chi connectivity index (χ0n) is 9.99. The number of methoxy groups -OCH3 is 1. The SMILES string of the molecule is COc1cc(C)c(CC(N)CO)cc1C.Cl. The number of ether oxygens (including phenoxy) is 1. The summed E-state index contributed by atoms with van der Waals surface area (Å²) in [6.07, 6.45) is 0.702. The van der Waals surface area contributed by atoms with Crippen LogP contribution in [-0.2, 0) is 6.42 Å². The summed E-state index contributed by atoms with van der Waals surface area (Å²) in [7, 11) is 1.67. The molecule has 0 radical (unpaired) electrons. The molecule has 1 aromatic carbocycles. The van der Waals surface area contributed by atoms with E-state index in [-0.39, 0.29) is 25.1 Å². The largest absolute Gasteiger partial charge is 0.496 e. The first-order valence-electron chi connectivity index (χ1n) is 5.09. The Hall–Kier alpha value is -0.770. The van der Waals surface area contributed by atoms with E-state index in [9.17, 15) is 0 Å². The van der Waals surface area contributed by atoms with Gasteiger partial charge in [0.15, 0.2) is 0 Å². The van der Waals surface area contributed by atoms with Gasteiger partial charge in [-0.2, -0.15) is 0 Å². The van der Waals surface area contributed by atoms with E-state index >= 15 is 0 Å². The van der Waals surface area contributed by atoms with E-state index in [1.807, 2.05) is 19.9 Å². The summed E-state index contributed by atoms with van der Waals surface area (Å²) in [5, 5.41) is 8.91. The van der Waals surface area contributed by atoms with Gasteiger partial charge in [0, 0.05) is 6.04 Å². The van der Waals surface area contributed by atoms with Crippen molar-refractivity contribution in [2.75, 3.05) is 13.7 Å². The second-order valence-corrected chi connectivity index (χ2v) is 3.90. The highest BCUT2D eigenvalue weighted by atomic mass is 35.5. The molecule has 0 aliphatic rings. The van der Waals surface area contributed by atoms with Crippen molar-refractivity contribution in [3.63, 3.8) is 0 Å². The highest BCUT2D eigenvalue weighted by molar-refractivity contribution is 5.85. The van der Waals surface area contributed by atoms with Crippen molar-refractivity contribution in [1.82, 2.24) is 0 Å². The Labute approximate surface area is 103 Å². The molecule has 0 heterocycles. The molecule has 0 fully saturated rings. The second kappa shape index (κ2) is 6.74. The Morgan fingerprint density at radius 1 is 1.31 bits per heavy atom. The maximum atomic E-state index is 8.91. The van der Waals surface area contributed by atoms with Crippen LogP contribution < -0.4 is 10.5 Å². The quantitative estimate of drug-likeness (QED) is 0.847. The first-order chi connectivity index (χ1) is 7.08. The number of aryl methyl sites for hydroxylation is 2. The molecule has 0 spiro atoms. The van der Waals surface area contributed by atoms with Crippen LogP contribution in [0.4, 0.5) is 0 Å². The zero-order chi connectivity index (χ0) is 11.4. The molecule has 16 heavy (non-hydrogen) atoms. The van der Waals surface area contributed by atoms with E-state index < -0.39 is 0 Å². The second-order valence-electron chi connectivity index (χ2n) is 3.90. The minimum Gasteiger partial charge on any atom is -0.496 e. The third-order valence-electron chi connectivity index (χ3n) is 2.57. The Morgan fingerprint density at radius 2 is 1.94 bits per heavy atom. The van der Waals surface area contributed by atoms with Gasteiger partial charge in [-0.15, -0.1) is 12.4 Å². The summed E-state index contributed by atoms with van der Waals surface area (Å²) in [4.78, 5) is 0. The lowest BCUT2D eigenvalue weighted by molar-refractivity contribution is 0.265. The summed E-state index contributed by atoms with van der Waals surface area (Å²) in [5.74, 6) is 0.897. The lowest BCUT2D eigenvalue weighted by Gasteiger charge is -2.14. The van der Waals surface area contributed by atoms with Crippen LogP contribution >= 0.6 is 12.4 Å². The molecule has 0 aliphatic heterocycles. The highest BCUT2D eigenvalue weighted by Crippen LogP contribution is 2.23. The molecular formula is C12H20ClNO2. The molecule has 0 bridgehead atoms. The fourth-order valence-corrected chi connectivity index (χ4v) is 1.64. The van der Waals surface area contributed by atoms with Gasteiger partial charge in [-0.3, -0.25) is 0 Å². The number of aliphatic hydroxyl groups is 1. The molecule has 1 atom stereocenters. The van der Waals surface area contributed by atoms with Gasteiger partial charge in [-0.25, -0.2) is 0 Å². The number of hydrogen-bond donors (Lipinski definition) is 2. The van der Waals surface area contributed by atoms with Crippen molar-refractivity contribution in [2.45, 2.75) is 26.3 Å². The smallest absolute Gasteiger partial charge is 0.122 e. The van der Waals surface area contributed by atoms with Crippen LogP contribution in [0.1, 0.15) is 16.7 Å². The predicted octanol–water partition coefficient (Wildman–Crippen LogP) is 1.60. The Bertz CT molecular complexity index is 342. The minimum atomic E-state index is -0.184. The fourth-order valence-electron chi connectivity index (χ4n) is 1.64. The van der Waals surface area contributed by atoms with E-state index in [0.717, 1.165) is 16.9 Å². The van der Waals surface area contributed by atoms with Crippen LogP contribution in [0.15, 0.2) is 12.1 Å². The molecule has 92 valence electrons. The van der Waals surface area contributed by atoms with Crippen LogP contribution in [0, 0.1) is 13.8 Å². The van der Waals surface area contributed by atoms with E-state index in [4.69, 9.17) is 15.6 Å². The summed E-state index contributed by atoms with van der Waals surface area (Å²) in [6, 6.07) is 3.90. The van der Waals surface area contributed by atoms with E-state index in [2.05, 4.69) is 6.07 Å². The van der Waals surface area contributed by atoms with Crippen molar-refractivity contribution in [2.24, 2.45) is 5.73 Å². The third kappa shape index (κ3) is 3.67. The van der Waals surface area contributed by atoms with Crippen LogP contribution in [0.2, 0.25) is 0 Å². The van der Waals surface area contributed by atoms with Gasteiger partial charge in [0.1, 0.15) is 5.75 Å². The minimum absolute atomic E-state index is 0. The first-order valence-corrected chi connectivity index (χ1v) is 5.09. The first kappa shape index (κ1) is 15.2. The van der Waals surface area contributed by atoms with Gasteiger partial charge < -0.3 is 15.6 Å². The van der Waals surface area contributed by atoms with Crippen molar-refractivity contribution in [3.8, 4) is 5.75 Å². The molecule has 1 unspecified atom stereocenters. The molecule has 3 N–H and O–H groups in total. The number of benzene rings is 1. The highest BCUT2D eigenvalue weighted by Gasteiger charge is 2.08. The van der Waals surface area contributed by atoms with Crippen LogP contribution in [0.3, 0.4) is 0 Å². The predicted molar refractivity (Wildman–Crippen MR) is 68.5 cm³/mol. The normalized spacial score (nSPS) is 11.8. The molecule has 0 aliphatic carbocycles. The van der Waals surface area contributed by atoms with E-state index in [0.29, 0.717) is 6.42 Å². The van der Waals surface area contributed by atoms with Crippen molar-refractivity contribution in [3.05, 3.63) is 28.8 Å². The van der Waals surface area contributed by atoms with Gasteiger partial charge in [-0.05, 0) is 43.0 Å². The fraction of sp³-hybridized carbons (Fsp3) is 0.500. The monoisotopic (exact) mass is 245 g/mol. The van der Waals surface area contributed by atoms with Crippen molar-refractivity contribution < 1.29 is 9.84 Å². The molecule has 0 aromatic heterocycles. The lowest BCUT2D eigenvalue weighted by Crippen LogP contribution is -2.27. The van der Waals surface area contributed by atoms with Gasteiger partial charge >= 0.3 is 0 Å². The maximum Gasteiger partial charge on any atom is 0.122 e. The van der Waals surface area contributed by atoms with E-state index in [1.165, 1.54) is 5.56 Å². The summed E-state index contributed by atoms with van der Waals surface area (Å²) in [5.41, 5.74) is 9.14. The number of hydrogen-bond acceptors (Lipinski definition) is 3. The molecule has 0 saturated carbocycles. The topological polar surface area (TPSA) is 55.5 Å². The third-order valence-corrected chi connectivity index (χ3v) is 2.57. The van der Waals surface area contributed by atoms with Crippen molar-refractivity contribution >= 4 is 12.4 Å². The Morgan fingerprint density at radius 3 is 2.44 bits per heavy atom. The Kier molecular flexibility index (Phi) is 6.41. The molecule has 1 rings (SSSR count).